The van der Waals surface area contributed by atoms with Crippen molar-refractivity contribution < 1.29 is 18.9 Å². The van der Waals surface area contributed by atoms with Gasteiger partial charge in [0.25, 0.3) is 0 Å². The number of phosphoric acid groups is 1. The third-order valence-electron chi connectivity index (χ3n) is 1.46. The van der Waals surface area contributed by atoms with Gasteiger partial charge >= 0.3 is 7.82 Å². The smallest absolute Gasteiger partial charge is 0.350 e. The topological polar surface area (TPSA) is 66.8 Å². The Kier molecular flexibility index (Phi) is 5.81. The van der Waals surface area contributed by atoms with E-state index in [1.165, 1.54) is 0 Å². The van der Waals surface area contributed by atoms with Crippen molar-refractivity contribution in [2.24, 2.45) is 5.92 Å². The number of rotatable bonds is 4. The van der Waals surface area contributed by atoms with Gasteiger partial charge in [-0.1, -0.05) is 32.6 Å². The fourth-order valence-electron chi connectivity index (χ4n) is 0.769. The van der Waals surface area contributed by atoms with Crippen molar-refractivity contribution in [3.05, 3.63) is 0 Å². The Morgan fingerprint density at radius 1 is 1.54 bits per heavy atom. The molecule has 76 valence electrons. The summed E-state index contributed by atoms with van der Waals surface area (Å²) in [4.78, 5) is 16.6. The van der Waals surface area contributed by atoms with Gasteiger partial charge < -0.3 is 4.52 Å². The van der Waals surface area contributed by atoms with E-state index < -0.39 is 7.82 Å². The van der Waals surface area contributed by atoms with Crippen molar-refractivity contribution in [2.45, 2.75) is 33.1 Å². The van der Waals surface area contributed by atoms with E-state index >= 15 is 0 Å². The summed E-state index contributed by atoms with van der Waals surface area (Å²) in [6.07, 6.45) is 5.10. The number of phosphoric ester groups is 1. The first kappa shape index (κ1) is 12.5. The van der Waals surface area contributed by atoms with Crippen LogP contribution in [0, 0.1) is 17.9 Å². The fraction of sp³-hybridized carbons (Fsp3) is 0.750. The van der Waals surface area contributed by atoms with Crippen LogP contribution < -0.4 is 0 Å². The maximum absolute atomic E-state index is 10.2. The zero-order valence-corrected chi connectivity index (χ0v) is 8.75. The molecule has 5 heteroatoms. The molecule has 4 nitrogen and oxygen atoms in total. The molecule has 0 heterocycles. The molecule has 0 saturated heterocycles. The van der Waals surface area contributed by atoms with E-state index in [1.54, 1.807) is 0 Å². The molecule has 0 spiro atoms. The highest BCUT2D eigenvalue weighted by Gasteiger charge is 2.12. The summed E-state index contributed by atoms with van der Waals surface area (Å²) >= 11 is 0. The summed E-state index contributed by atoms with van der Waals surface area (Å²) in [5.74, 6) is 2.73. The van der Waals surface area contributed by atoms with Crippen molar-refractivity contribution in [3.8, 4) is 12.0 Å². The van der Waals surface area contributed by atoms with Crippen LogP contribution in [0.5, 0.6) is 0 Å². The highest BCUT2D eigenvalue weighted by atomic mass is 31.2. The number of hydrogen-bond donors (Lipinski definition) is 2. The largest absolute Gasteiger partial charge is 0.533 e. The monoisotopic (exact) mass is 206 g/mol. The molecule has 0 saturated carbocycles. The van der Waals surface area contributed by atoms with Crippen LogP contribution in [0.2, 0.25) is 0 Å². The molecule has 0 aromatic rings. The Hall–Kier alpha value is -0.490. The van der Waals surface area contributed by atoms with Gasteiger partial charge in [0.1, 0.15) is 6.11 Å². The Morgan fingerprint density at radius 2 is 2.15 bits per heavy atom. The quantitative estimate of drug-likeness (QED) is 0.544. The van der Waals surface area contributed by atoms with Crippen molar-refractivity contribution in [1.29, 1.82) is 0 Å². The predicted molar refractivity (Wildman–Crippen MR) is 49.6 cm³/mol. The molecule has 2 N–H and O–H groups in total. The van der Waals surface area contributed by atoms with E-state index in [0.717, 1.165) is 19.3 Å². The fourth-order valence-corrected chi connectivity index (χ4v) is 0.941. The third kappa shape index (κ3) is 9.42. The van der Waals surface area contributed by atoms with Gasteiger partial charge in [-0.15, -0.1) is 0 Å². The average molecular weight is 206 g/mol. The van der Waals surface area contributed by atoms with E-state index in [2.05, 4.69) is 17.4 Å². The lowest BCUT2D eigenvalue weighted by molar-refractivity contribution is 0.269. The molecule has 1 unspecified atom stereocenters. The number of hydrogen-bond acceptors (Lipinski definition) is 2. The van der Waals surface area contributed by atoms with Gasteiger partial charge in [-0.2, -0.15) is 0 Å². The summed E-state index contributed by atoms with van der Waals surface area (Å²) in [5.41, 5.74) is 0. The summed E-state index contributed by atoms with van der Waals surface area (Å²) in [5, 5.41) is 0. The van der Waals surface area contributed by atoms with Gasteiger partial charge in [-0.05, 0) is 6.42 Å². The van der Waals surface area contributed by atoms with E-state index in [0.29, 0.717) is 0 Å². The molecule has 0 aromatic heterocycles. The van der Waals surface area contributed by atoms with E-state index in [9.17, 15) is 4.57 Å². The summed E-state index contributed by atoms with van der Waals surface area (Å²) < 4.78 is 14.2. The minimum Gasteiger partial charge on any atom is -0.350 e. The van der Waals surface area contributed by atoms with Crippen LogP contribution in [-0.2, 0) is 9.09 Å². The van der Waals surface area contributed by atoms with Crippen LogP contribution in [0.15, 0.2) is 0 Å². The zero-order valence-electron chi connectivity index (χ0n) is 7.86. The Balaban J connectivity index is 3.76. The first-order valence-electron chi connectivity index (χ1n) is 4.20. The van der Waals surface area contributed by atoms with Crippen LogP contribution in [0.25, 0.3) is 0 Å². The SMILES string of the molecule is CCCCC(C)C#COP(=O)(O)O. The predicted octanol–water partition coefficient (Wildman–Crippen LogP) is 1.88. The minimum atomic E-state index is -4.42. The molecular formula is C8H15O4P. The van der Waals surface area contributed by atoms with Crippen LogP contribution in [0.1, 0.15) is 33.1 Å². The van der Waals surface area contributed by atoms with Crippen molar-refractivity contribution in [1.82, 2.24) is 0 Å². The molecule has 0 aliphatic heterocycles. The Morgan fingerprint density at radius 3 is 2.62 bits per heavy atom. The van der Waals surface area contributed by atoms with Gasteiger partial charge in [0.2, 0.25) is 0 Å². The third-order valence-corrected chi connectivity index (χ3v) is 1.79. The highest BCUT2D eigenvalue weighted by Crippen LogP contribution is 2.34. The normalized spacial score (nSPS) is 12.9. The molecule has 0 aromatic carbocycles. The van der Waals surface area contributed by atoms with Crippen molar-refractivity contribution in [2.75, 3.05) is 0 Å². The molecule has 0 radical (unpaired) electrons. The van der Waals surface area contributed by atoms with Crippen molar-refractivity contribution in [3.63, 3.8) is 0 Å². The molecule has 0 amide bonds. The summed E-state index contributed by atoms with van der Waals surface area (Å²) in [6.45, 7) is 3.97. The molecule has 0 fully saturated rings. The molecule has 0 bridgehead atoms. The second-order valence-electron chi connectivity index (χ2n) is 2.87. The first-order chi connectivity index (χ1) is 5.95. The van der Waals surface area contributed by atoms with Gasteiger partial charge in [0, 0.05) is 5.92 Å². The lowest BCUT2D eigenvalue weighted by atomic mass is 10.1. The van der Waals surface area contributed by atoms with Crippen LogP contribution in [0.4, 0.5) is 0 Å². The van der Waals surface area contributed by atoms with Crippen molar-refractivity contribution >= 4 is 7.82 Å². The van der Waals surface area contributed by atoms with Gasteiger partial charge in [0.05, 0.1) is 0 Å². The second-order valence-corrected chi connectivity index (χ2v) is 4.04. The lowest BCUT2D eigenvalue weighted by Crippen LogP contribution is -1.90. The van der Waals surface area contributed by atoms with Gasteiger partial charge in [-0.3, -0.25) is 9.79 Å². The molecule has 13 heavy (non-hydrogen) atoms. The highest BCUT2D eigenvalue weighted by molar-refractivity contribution is 7.46. The molecule has 1 atom stereocenters. The Labute approximate surface area is 78.5 Å². The Bertz CT molecular complexity index is 234. The van der Waals surface area contributed by atoms with Crippen LogP contribution in [0.3, 0.4) is 0 Å². The second kappa shape index (κ2) is 6.04. The van der Waals surface area contributed by atoms with Gasteiger partial charge in [-0.25, -0.2) is 4.57 Å². The number of unbranched alkanes of at least 4 members (excludes halogenated alkanes) is 1. The van der Waals surface area contributed by atoms with Gasteiger partial charge in [0.15, 0.2) is 0 Å². The average Bonchev–Trinajstić information content (AvgIpc) is 1.98. The lowest BCUT2D eigenvalue weighted by Gasteiger charge is -2.00. The first-order valence-corrected chi connectivity index (χ1v) is 5.73. The maximum atomic E-state index is 10.2. The van der Waals surface area contributed by atoms with E-state index in [1.807, 2.05) is 13.0 Å². The zero-order chi connectivity index (χ0) is 10.3. The maximum Gasteiger partial charge on any atom is 0.533 e. The van der Waals surface area contributed by atoms with E-state index in [4.69, 9.17) is 9.79 Å². The molecule has 0 rings (SSSR count). The standard InChI is InChI=1S/C8H15O4P/c1-3-4-5-8(2)6-7-12-13(9,10)11/h8H,3-5H2,1-2H3,(H2,9,10,11). The van der Waals surface area contributed by atoms with E-state index in [-0.39, 0.29) is 5.92 Å². The summed E-state index contributed by atoms with van der Waals surface area (Å²) in [6, 6.07) is 0. The van der Waals surface area contributed by atoms with Crippen LogP contribution in [-0.4, -0.2) is 9.79 Å². The summed E-state index contributed by atoms with van der Waals surface area (Å²) in [7, 11) is -4.42. The molecule has 0 aliphatic carbocycles. The minimum absolute atomic E-state index is 0.117. The molecular weight excluding hydrogens is 191 g/mol. The molecule has 0 aliphatic rings. The van der Waals surface area contributed by atoms with Crippen LogP contribution >= 0.6 is 7.82 Å².